The summed E-state index contributed by atoms with van der Waals surface area (Å²) in [6.45, 7) is 3.84. The van der Waals surface area contributed by atoms with Crippen molar-refractivity contribution in [1.29, 1.82) is 0 Å². The van der Waals surface area contributed by atoms with Crippen LogP contribution in [0.25, 0.3) is 0 Å². The van der Waals surface area contributed by atoms with Gasteiger partial charge < -0.3 is 15.7 Å². The summed E-state index contributed by atoms with van der Waals surface area (Å²) < 4.78 is 0. The van der Waals surface area contributed by atoms with Gasteiger partial charge in [0.2, 0.25) is 0 Å². The van der Waals surface area contributed by atoms with Crippen LogP contribution in [0.2, 0.25) is 0 Å². The smallest absolute Gasteiger partial charge is 0.319 e. The summed E-state index contributed by atoms with van der Waals surface area (Å²) in [4.78, 5) is 25.6. The molecule has 3 N–H and O–H groups in total. The van der Waals surface area contributed by atoms with Crippen LogP contribution in [0.3, 0.4) is 0 Å². The number of aromatic nitrogens is 1. The fourth-order valence-corrected chi connectivity index (χ4v) is 1.10. The summed E-state index contributed by atoms with van der Waals surface area (Å²) in [5.41, 5.74) is 0.940. The SMILES string of the molecule is C=CCNC(=O)Nc1ccc(CC(=O)O)nc1. The first kappa shape index (κ1) is 12.7. The largest absolute Gasteiger partial charge is 0.481 e. The van der Waals surface area contributed by atoms with Crippen molar-refractivity contribution in [3.05, 3.63) is 36.7 Å². The van der Waals surface area contributed by atoms with E-state index in [9.17, 15) is 9.59 Å². The summed E-state index contributed by atoms with van der Waals surface area (Å²) in [7, 11) is 0. The van der Waals surface area contributed by atoms with Crippen molar-refractivity contribution in [3.8, 4) is 0 Å². The standard InChI is InChI=1S/C11H13N3O3/c1-2-5-12-11(17)14-9-4-3-8(13-7-9)6-10(15)16/h2-4,7H,1,5-6H2,(H,15,16)(H2,12,14,17). The molecule has 0 saturated carbocycles. The fourth-order valence-electron chi connectivity index (χ4n) is 1.10. The van der Waals surface area contributed by atoms with Crippen LogP contribution in [-0.2, 0) is 11.2 Å². The fraction of sp³-hybridized carbons (Fsp3) is 0.182. The molecule has 2 amide bonds. The molecule has 1 aromatic rings. The second-order valence-electron chi connectivity index (χ2n) is 3.23. The maximum atomic E-state index is 11.2. The predicted molar refractivity (Wildman–Crippen MR) is 62.8 cm³/mol. The van der Waals surface area contributed by atoms with Gasteiger partial charge in [0.05, 0.1) is 24.0 Å². The highest BCUT2D eigenvalue weighted by Gasteiger charge is 2.03. The normalized spacial score (nSPS) is 9.41. The number of aliphatic carboxylic acids is 1. The first-order valence-electron chi connectivity index (χ1n) is 4.94. The lowest BCUT2D eigenvalue weighted by molar-refractivity contribution is -0.136. The van der Waals surface area contributed by atoms with Crippen LogP contribution in [0.4, 0.5) is 10.5 Å². The Morgan fingerprint density at radius 1 is 1.47 bits per heavy atom. The summed E-state index contributed by atoms with van der Waals surface area (Å²) in [6, 6.07) is 2.79. The number of anilines is 1. The van der Waals surface area contributed by atoms with Gasteiger partial charge in [0.15, 0.2) is 0 Å². The predicted octanol–water partition coefficient (Wildman–Crippen LogP) is 1.02. The van der Waals surface area contributed by atoms with E-state index >= 15 is 0 Å². The minimum Gasteiger partial charge on any atom is -0.481 e. The highest BCUT2D eigenvalue weighted by molar-refractivity contribution is 5.89. The van der Waals surface area contributed by atoms with Gasteiger partial charge in [-0.1, -0.05) is 6.08 Å². The van der Waals surface area contributed by atoms with E-state index < -0.39 is 5.97 Å². The maximum Gasteiger partial charge on any atom is 0.319 e. The first-order chi connectivity index (χ1) is 8.11. The third kappa shape index (κ3) is 4.78. The Morgan fingerprint density at radius 3 is 2.76 bits per heavy atom. The van der Waals surface area contributed by atoms with Gasteiger partial charge in [0, 0.05) is 6.54 Å². The summed E-state index contributed by atoms with van der Waals surface area (Å²) in [6.07, 6.45) is 2.84. The quantitative estimate of drug-likeness (QED) is 0.664. The zero-order valence-corrected chi connectivity index (χ0v) is 9.14. The Hall–Kier alpha value is -2.37. The number of carboxylic acids is 1. The molecule has 0 bridgehead atoms. The lowest BCUT2D eigenvalue weighted by Crippen LogP contribution is -2.28. The number of urea groups is 1. The summed E-state index contributed by atoms with van der Waals surface area (Å²) in [5.74, 6) is -0.943. The number of hydrogen-bond donors (Lipinski definition) is 3. The molecule has 0 atom stereocenters. The Balaban J connectivity index is 2.53. The minimum absolute atomic E-state index is 0.136. The van der Waals surface area contributed by atoms with Gasteiger partial charge in [-0.3, -0.25) is 9.78 Å². The van der Waals surface area contributed by atoms with Gasteiger partial charge in [-0.15, -0.1) is 6.58 Å². The second kappa shape index (κ2) is 6.26. The van der Waals surface area contributed by atoms with Crippen molar-refractivity contribution >= 4 is 17.7 Å². The van der Waals surface area contributed by atoms with Crippen molar-refractivity contribution in [2.75, 3.05) is 11.9 Å². The van der Waals surface area contributed by atoms with Crippen LogP contribution in [0.15, 0.2) is 31.0 Å². The second-order valence-corrected chi connectivity index (χ2v) is 3.23. The number of carboxylic acid groups (broad SMARTS) is 1. The molecule has 6 nitrogen and oxygen atoms in total. The van der Waals surface area contributed by atoms with Gasteiger partial charge in [0.1, 0.15) is 0 Å². The van der Waals surface area contributed by atoms with Crippen LogP contribution in [0, 0.1) is 0 Å². The Bertz CT molecular complexity index is 414. The van der Waals surface area contributed by atoms with E-state index in [2.05, 4.69) is 22.2 Å². The number of carbonyl (C=O) groups is 2. The third-order valence-corrected chi connectivity index (χ3v) is 1.82. The van der Waals surface area contributed by atoms with Crippen LogP contribution in [0.1, 0.15) is 5.69 Å². The summed E-state index contributed by atoms with van der Waals surface area (Å²) >= 11 is 0. The molecule has 0 unspecified atom stereocenters. The molecule has 90 valence electrons. The third-order valence-electron chi connectivity index (χ3n) is 1.82. The molecule has 1 rings (SSSR count). The van der Waals surface area contributed by atoms with Gasteiger partial charge in [-0.25, -0.2) is 4.79 Å². The van der Waals surface area contributed by atoms with Gasteiger partial charge >= 0.3 is 12.0 Å². The maximum absolute atomic E-state index is 11.2. The van der Waals surface area contributed by atoms with Crippen LogP contribution >= 0.6 is 0 Å². The van der Waals surface area contributed by atoms with E-state index in [-0.39, 0.29) is 12.5 Å². The van der Waals surface area contributed by atoms with Crippen molar-refractivity contribution in [3.63, 3.8) is 0 Å². The molecule has 0 aliphatic carbocycles. The molecule has 0 aromatic carbocycles. The molecule has 0 radical (unpaired) electrons. The lowest BCUT2D eigenvalue weighted by atomic mass is 10.2. The van der Waals surface area contributed by atoms with Crippen LogP contribution < -0.4 is 10.6 Å². The number of pyridine rings is 1. The molecular weight excluding hydrogens is 222 g/mol. The number of hydrogen-bond acceptors (Lipinski definition) is 3. The number of nitrogens with one attached hydrogen (secondary N) is 2. The average Bonchev–Trinajstić information content (AvgIpc) is 2.28. The van der Waals surface area contributed by atoms with Gasteiger partial charge in [-0.05, 0) is 12.1 Å². The van der Waals surface area contributed by atoms with Crippen molar-refractivity contribution in [2.45, 2.75) is 6.42 Å². The molecule has 1 heterocycles. The summed E-state index contributed by atoms with van der Waals surface area (Å²) in [5, 5.41) is 13.6. The molecule has 0 saturated heterocycles. The van der Waals surface area contributed by atoms with Gasteiger partial charge in [0.25, 0.3) is 0 Å². The van der Waals surface area contributed by atoms with Crippen LogP contribution in [0.5, 0.6) is 0 Å². The molecule has 1 aromatic heterocycles. The molecule has 0 spiro atoms. The molecule has 0 aliphatic rings. The van der Waals surface area contributed by atoms with E-state index in [4.69, 9.17) is 5.11 Å². The highest BCUT2D eigenvalue weighted by atomic mass is 16.4. The van der Waals surface area contributed by atoms with Crippen molar-refractivity contribution < 1.29 is 14.7 Å². The first-order valence-corrected chi connectivity index (χ1v) is 4.94. The molecule has 6 heteroatoms. The number of amides is 2. The molecule has 17 heavy (non-hydrogen) atoms. The zero-order chi connectivity index (χ0) is 12.7. The highest BCUT2D eigenvalue weighted by Crippen LogP contribution is 2.06. The molecular formula is C11H13N3O3. The average molecular weight is 235 g/mol. The topological polar surface area (TPSA) is 91.3 Å². The Kier molecular flexibility index (Phi) is 4.68. The Labute approximate surface area is 98.4 Å². The Morgan fingerprint density at radius 2 is 2.24 bits per heavy atom. The number of nitrogens with zero attached hydrogens (tertiary/aromatic N) is 1. The van der Waals surface area contributed by atoms with Crippen molar-refractivity contribution in [2.24, 2.45) is 0 Å². The van der Waals surface area contributed by atoms with E-state index in [0.29, 0.717) is 17.9 Å². The van der Waals surface area contributed by atoms with E-state index in [0.717, 1.165) is 0 Å². The van der Waals surface area contributed by atoms with Crippen molar-refractivity contribution in [1.82, 2.24) is 10.3 Å². The van der Waals surface area contributed by atoms with E-state index in [1.165, 1.54) is 6.20 Å². The van der Waals surface area contributed by atoms with Gasteiger partial charge in [-0.2, -0.15) is 0 Å². The minimum atomic E-state index is -0.943. The number of rotatable bonds is 5. The molecule has 0 aliphatic heterocycles. The zero-order valence-electron chi connectivity index (χ0n) is 9.14. The van der Waals surface area contributed by atoms with Crippen LogP contribution in [-0.4, -0.2) is 28.6 Å². The number of carbonyl (C=O) groups excluding carboxylic acids is 1. The molecule has 0 fully saturated rings. The monoisotopic (exact) mass is 235 g/mol. The van der Waals surface area contributed by atoms with E-state index in [1.54, 1.807) is 18.2 Å². The lowest BCUT2D eigenvalue weighted by Gasteiger charge is -2.05. The van der Waals surface area contributed by atoms with E-state index in [1.807, 2.05) is 0 Å².